The molecule has 10 heteroatoms. The van der Waals surface area contributed by atoms with E-state index < -0.39 is 0 Å². The molecule has 3 N–H and O–H groups in total. The van der Waals surface area contributed by atoms with Crippen molar-refractivity contribution in [1.82, 2.24) is 29.7 Å². The van der Waals surface area contributed by atoms with Crippen LogP contribution in [0.4, 0.5) is 16.8 Å². The largest absolute Gasteiger partial charge is 0.365 e. The Labute approximate surface area is 226 Å². The van der Waals surface area contributed by atoms with E-state index in [1.54, 1.807) is 17.5 Å². The molecule has 198 valence electrons. The van der Waals surface area contributed by atoms with Crippen LogP contribution in [0.1, 0.15) is 48.3 Å². The van der Waals surface area contributed by atoms with Gasteiger partial charge in [0.2, 0.25) is 5.95 Å². The number of amides is 1. The zero-order valence-electron chi connectivity index (χ0n) is 22.0. The van der Waals surface area contributed by atoms with Crippen molar-refractivity contribution in [1.29, 1.82) is 0 Å². The van der Waals surface area contributed by atoms with Gasteiger partial charge in [0.05, 0.1) is 16.3 Å². The first kappa shape index (κ1) is 24.8. The molecular formula is C28H34N8OS. The van der Waals surface area contributed by atoms with E-state index in [1.165, 1.54) is 32.4 Å². The van der Waals surface area contributed by atoms with E-state index in [4.69, 9.17) is 4.98 Å². The number of hydrogen-bond donors (Lipinski definition) is 3. The molecule has 1 aromatic carbocycles. The SMILES string of the molecule is CNc1nc(C)c(-c2ccnc(Nc3ccc4[nH]c(C(=O)N5CCC(N6CCCCC6)CC5)cc4c3)n2)s1. The molecule has 0 unspecified atom stereocenters. The lowest BCUT2D eigenvalue weighted by Gasteiger charge is -2.40. The highest BCUT2D eigenvalue weighted by Gasteiger charge is 2.28. The Hall–Kier alpha value is -3.50. The second-order valence-electron chi connectivity index (χ2n) is 10.2. The fraction of sp³-hybridized carbons (Fsp3) is 0.429. The number of carbonyl (C=O) groups excluding carboxylic acids is 1. The van der Waals surface area contributed by atoms with Gasteiger partial charge in [-0.2, -0.15) is 0 Å². The minimum atomic E-state index is 0.0877. The van der Waals surface area contributed by atoms with Gasteiger partial charge in [0.15, 0.2) is 5.13 Å². The molecule has 1 amide bonds. The minimum absolute atomic E-state index is 0.0877. The van der Waals surface area contributed by atoms with Gasteiger partial charge >= 0.3 is 0 Å². The first-order valence-corrected chi connectivity index (χ1v) is 14.3. The van der Waals surface area contributed by atoms with Gasteiger partial charge in [-0.1, -0.05) is 17.8 Å². The normalized spacial score (nSPS) is 17.2. The zero-order valence-corrected chi connectivity index (χ0v) is 22.8. The molecule has 0 aliphatic carbocycles. The third-order valence-corrected chi connectivity index (χ3v) is 8.86. The topological polar surface area (TPSA) is 102 Å². The van der Waals surface area contributed by atoms with Gasteiger partial charge < -0.3 is 25.4 Å². The Morgan fingerprint density at radius 2 is 1.87 bits per heavy atom. The van der Waals surface area contributed by atoms with E-state index >= 15 is 0 Å². The summed E-state index contributed by atoms with van der Waals surface area (Å²) in [7, 11) is 1.86. The molecule has 38 heavy (non-hydrogen) atoms. The quantitative estimate of drug-likeness (QED) is 0.312. The average Bonchev–Trinajstić information content (AvgIpc) is 3.56. The molecule has 0 radical (unpaired) electrons. The van der Waals surface area contributed by atoms with E-state index in [9.17, 15) is 4.79 Å². The van der Waals surface area contributed by atoms with Crippen LogP contribution in [0.25, 0.3) is 21.5 Å². The predicted molar refractivity (Wildman–Crippen MR) is 153 cm³/mol. The molecule has 2 saturated heterocycles. The van der Waals surface area contributed by atoms with Gasteiger partial charge in [-0.05, 0) is 76.0 Å². The van der Waals surface area contributed by atoms with Gasteiger partial charge in [-0.25, -0.2) is 15.0 Å². The van der Waals surface area contributed by atoms with Gasteiger partial charge in [-0.15, -0.1) is 0 Å². The molecular weight excluding hydrogens is 496 g/mol. The third-order valence-electron chi connectivity index (χ3n) is 7.66. The van der Waals surface area contributed by atoms with Crippen LogP contribution < -0.4 is 10.6 Å². The van der Waals surface area contributed by atoms with E-state index in [0.717, 1.165) is 63.9 Å². The number of aromatic nitrogens is 4. The maximum absolute atomic E-state index is 13.3. The molecule has 9 nitrogen and oxygen atoms in total. The Bertz CT molecular complexity index is 1430. The van der Waals surface area contributed by atoms with Crippen molar-refractivity contribution in [2.75, 3.05) is 43.9 Å². The van der Waals surface area contributed by atoms with Gasteiger partial charge in [0, 0.05) is 49.0 Å². The summed E-state index contributed by atoms with van der Waals surface area (Å²) in [6.45, 7) is 6.07. The Morgan fingerprint density at radius 3 is 2.63 bits per heavy atom. The van der Waals surface area contributed by atoms with Crippen molar-refractivity contribution >= 4 is 44.9 Å². The Kier molecular flexibility index (Phi) is 6.99. The number of fused-ring (bicyclic) bond motifs is 1. The number of H-pyrrole nitrogens is 1. The molecule has 5 heterocycles. The molecule has 0 bridgehead atoms. The van der Waals surface area contributed by atoms with Crippen molar-refractivity contribution in [2.45, 2.75) is 45.1 Å². The lowest BCUT2D eigenvalue weighted by atomic mass is 10.00. The lowest BCUT2D eigenvalue weighted by molar-refractivity contribution is 0.0585. The maximum Gasteiger partial charge on any atom is 0.270 e. The molecule has 2 aliphatic heterocycles. The van der Waals surface area contributed by atoms with Crippen LogP contribution in [-0.4, -0.2) is 74.9 Å². The van der Waals surface area contributed by atoms with Crippen LogP contribution in [0.15, 0.2) is 36.5 Å². The standard InChI is InChI=1S/C28H34N8OS/c1-18-25(38-28(29-2)31-18)23-8-11-30-27(34-23)32-20-6-7-22-19(16-20)17-24(33-22)26(37)36-14-9-21(10-15-36)35-12-4-3-5-13-35/h6-8,11,16-17,21,33H,3-5,9-10,12-15H2,1-2H3,(H,29,31)(H,30,32,34). The van der Waals surface area contributed by atoms with Crippen LogP contribution in [0.2, 0.25) is 0 Å². The highest BCUT2D eigenvalue weighted by atomic mass is 32.1. The lowest BCUT2D eigenvalue weighted by Crippen LogP contribution is -2.48. The summed E-state index contributed by atoms with van der Waals surface area (Å²) in [6, 6.07) is 10.5. The zero-order chi connectivity index (χ0) is 26.1. The van der Waals surface area contributed by atoms with Crippen molar-refractivity contribution in [3.8, 4) is 10.6 Å². The number of aryl methyl sites for hydroxylation is 1. The van der Waals surface area contributed by atoms with Crippen LogP contribution in [-0.2, 0) is 0 Å². The summed E-state index contributed by atoms with van der Waals surface area (Å²) in [5, 5.41) is 8.25. The number of likely N-dealkylation sites (tertiary alicyclic amines) is 2. The van der Waals surface area contributed by atoms with Crippen molar-refractivity contribution in [2.24, 2.45) is 0 Å². The number of piperidine rings is 2. The fourth-order valence-corrected chi connectivity index (χ4v) is 6.52. The van der Waals surface area contributed by atoms with Crippen LogP contribution in [0.3, 0.4) is 0 Å². The van der Waals surface area contributed by atoms with Crippen molar-refractivity contribution < 1.29 is 4.79 Å². The number of hydrogen-bond acceptors (Lipinski definition) is 8. The van der Waals surface area contributed by atoms with Crippen molar-refractivity contribution in [3.05, 3.63) is 47.9 Å². The summed E-state index contributed by atoms with van der Waals surface area (Å²) in [5.41, 5.74) is 4.22. The van der Waals surface area contributed by atoms with Gasteiger partial charge in [0.25, 0.3) is 5.91 Å². The molecule has 3 aromatic heterocycles. The fourth-order valence-electron chi connectivity index (χ4n) is 5.63. The second kappa shape index (κ2) is 10.7. The second-order valence-corrected chi connectivity index (χ2v) is 11.2. The summed E-state index contributed by atoms with van der Waals surface area (Å²) in [5.74, 6) is 0.605. The van der Waals surface area contributed by atoms with Crippen LogP contribution in [0.5, 0.6) is 0 Å². The average molecular weight is 531 g/mol. The number of nitrogens with zero attached hydrogens (tertiary/aromatic N) is 5. The number of aromatic amines is 1. The molecule has 2 aliphatic rings. The van der Waals surface area contributed by atoms with Gasteiger partial charge in [0.1, 0.15) is 5.69 Å². The number of nitrogens with one attached hydrogen (secondary N) is 3. The van der Waals surface area contributed by atoms with E-state index in [-0.39, 0.29) is 5.91 Å². The minimum Gasteiger partial charge on any atom is -0.365 e. The van der Waals surface area contributed by atoms with E-state index in [1.807, 2.05) is 49.2 Å². The van der Waals surface area contributed by atoms with Crippen molar-refractivity contribution in [3.63, 3.8) is 0 Å². The number of rotatable bonds is 6. The summed E-state index contributed by atoms with van der Waals surface area (Å²) >= 11 is 1.57. The maximum atomic E-state index is 13.3. The van der Waals surface area contributed by atoms with Crippen LogP contribution >= 0.6 is 11.3 Å². The summed E-state index contributed by atoms with van der Waals surface area (Å²) in [6.07, 6.45) is 7.86. The molecule has 0 saturated carbocycles. The molecule has 0 spiro atoms. The highest BCUT2D eigenvalue weighted by Crippen LogP contribution is 2.32. The molecule has 6 rings (SSSR count). The smallest absolute Gasteiger partial charge is 0.270 e. The summed E-state index contributed by atoms with van der Waals surface area (Å²) < 4.78 is 0. The first-order chi connectivity index (χ1) is 18.6. The van der Waals surface area contributed by atoms with E-state index in [0.29, 0.717) is 17.7 Å². The third kappa shape index (κ3) is 5.10. The Morgan fingerprint density at radius 1 is 1.05 bits per heavy atom. The highest BCUT2D eigenvalue weighted by molar-refractivity contribution is 7.19. The van der Waals surface area contributed by atoms with Crippen LogP contribution in [0, 0.1) is 6.92 Å². The summed E-state index contributed by atoms with van der Waals surface area (Å²) in [4.78, 5) is 35.9. The predicted octanol–water partition coefficient (Wildman–Crippen LogP) is 5.27. The number of carbonyl (C=O) groups is 1. The number of thiazole rings is 1. The molecule has 0 atom stereocenters. The number of anilines is 3. The Balaban J connectivity index is 1.13. The molecule has 4 aromatic rings. The first-order valence-electron chi connectivity index (χ1n) is 13.5. The number of benzene rings is 1. The monoisotopic (exact) mass is 530 g/mol. The van der Waals surface area contributed by atoms with E-state index in [2.05, 4.69) is 30.5 Å². The molecule has 2 fully saturated rings. The van der Waals surface area contributed by atoms with Gasteiger partial charge in [-0.3, -0.25) is 4.79 Å².